The van der Waals surface area contributed by atoms with Crippen molar-refractivity contribution in [1.29, 1.82) is 0 Å². The molecule has 0 spiro atoms. The molecule has 6 nitrogen and oxygen atoms in total. The van der Waals surface area contributed by atoms with E-state index in [1.807, 2.05) is 0 Å². The molecule has 1 aromatic heterocycles. The lowest BCUT2D eigenvalue weighted by molar-refractivity contribution is 0.0676. The minimum Gasteiger partial charge on any atom is -0.268 e. The van der Waals surface area contributed by atoms with E-state index in [1.54, 1.807) is 6.92 Å². The molecule has 0 fully saturated rings. The van der Waals surface area contributed by atoms with Crippen LogP contribution in [0.2, 0.25) is 0 Å². The Balaban J connectivity index is 2.22. The monoisotopic (exact) mass is 253 g/mol. The lowest BCUT2D eigenvalue weighted by Crippen LogP contribution is -2.29. The summed E-state index contributed by atoms with van der Waals surface area (Å²) in [4.78, 5) is 28.4. The van der Waals surface area contributed by atoms with E-state index in [0.717, 1.165) is 4.90 Å². The summed E-state index contributed by atoms with van der Waals surface area (Å²) < 4.78 is 16.3. The van der Waals surface area contributed by atoms with Crippen molar-refractivity contribution in [1.82, 2.24) is 9.88 Å². The number of aromatic nitrogens is 1. The van der Waals surface area contributed by atoms with E-state index in [1.165, 1.54) is 18.5 Å². The van der Waals surface area contributed by atoms with Gasteiger partial charge >= 0.3 is 8.03 Å². The summed E-state index contributed by atoms with van der Waals surface area (Å²) in [5.41, 5.74) is 0.544. The maximum Gasteiger partial charge on any atom is 0.530 e. The van der Waals surface area contributed by atoms with Gasteiger partial charge in [-0.15, -0.1) is 4.52 Å². The predicted molar refractivity (Wildman–Crippen MR) is 58.8 cm³/mol. The van der Waals surface area contributed by atoms with Gasteiger partial charge in [-0.05, 0) is 17.6 Å². The molecule has 1 atom stereocenters. The van der Waals surface area contributed by atoms with Crippen LogP contribution >= 0.6 is 8.03 Å². The third-order valence-electron chi connectivity index (χ3n) is 2.30. The molecule has 0 aromatic carbocycles. The van der Waals surface area contributed by atoms with Gasteiger partial charge < -0.3 is 0 Å². The quantitative estimate of drug-likeness (QED) is 0.599. The first-order chi connectivity index (χ1) is 8.15. The summed E-state index contributed by atoms with van der Waals surface area (Å²) in [5, 5.41) is 0. The largest absolute Gasteiger partial charge is 0.530 e. The molecule has 1 aliphatic heterocycles. The predicted octanol–water partition coefficient (Wildman–Crippen LogP) is 1.41. The summed E-state index contributed by atoms with van der Waals surface area (Å²) in [6.07, 6.45) is 2.56. The number of hydrogen-bond donors (Lipinski definition) is 0. The van der Waals surface area contributed by atoms with Crippen molar-refractivity contribution in [2.45, 2.75) is 6.92 Å². The normalized spacial score (nSPS) is 15.1. The molecule has 17 heavy (non-hydrogen) atoms. The third-order valence-corrected chi connectivity index (χ3v) is 3.36. The van der Waals surface area contributed by atoms with Crippen LogP contribution in [0.4, 0.5) is 0 Å². The van der Waals surface area contributed by atoms with Crippen LogP contribution < -0.4 is 0 Å². The van der Waals surface area contributed by atoms with Crippen LogP contribution in [0.5, 0.6) is 0 Å². The standard InChI is InChI=1S/C10H10N2O4P/c1-2-16-17(15)6-12-9(13)7-3-4-11-5-8(7)10(12)14/h3-5H,2,6H2,1H3/q+1. The van der Waals surface area contributed by atoms with Gasteiger partial charge in [-0.2, -0.15) is 0 Å². The zero-order valence-electron chi connectivity index (χ0n) is 9.12. The number of nitrogens with zero attached hydrogens (tertiary/aromatic N) is 2. The molecule has 0 aliphatic carbocycles. The van der Waals surface area contributed by atoms with E-state index in [4.69, 9.17) is 4.52 Å². The van der Waals surface area contributed by atoms with Crippen LogP contribution in [0.3, 0.4) is 0 Å². The Morgan fingerprint density at radius 3 is 2.71 bits per heavy atom. The number of fused-ring (bicyclic) bond motifs is 1. The molecule has 2 rings (SSSR count). The molecule has 0 saturated heterocycles. The minimum absolute atomic E-state index is 0.213. The number of hydrogen-bond acceptors (Lipinski definition) is 5. The minimum atomic E-state index is -2.03. The smallest absolute Gasteiger partial charge is 0.268 e. The van der Waals surface area contributed by atoms with Gasteiger partial charge in [-0.1, -0.05) is 0 Å². The molecule has 0 bridgehead atoms. The summed E-state index contributed by atoms with van der Waals surface area (Å²) in [5.74, 6) is -0.920. The maximum absolute atomic E-state index is 11.8. The van der Waals surface area contributed by atoms with Gasteiger partial charge in [0.25, 0.3) is 18.1 Å². The highest BCUT2D eigenvalue weighted by Gasteiger charge is 2.40. The average molecular weight is 253 g/mol. The number of imide groups is 1. The molecule has 7 heteroatoms. The Bertz CT molecular complexity index is 468. The Labute approximate surface area is 98.5 Å². The second kappa shape index (κ2) is 4.69. The molecule has 0 saturated carbocycles. The maximum atomic E-state index is 11.8. The van der Waals surface area contributed by atoms with Gasteiger partial charge in [0.15, 0.2) is 0 Å². The SMILES string of the molecule is CCO[P+](=O)CN1C(=O)c2ccncc2C1=O. The number of rotatable bonds is 4. The molecule has 0 radical (unpaired) electrons. The summed E-state index contributed by atoms with van der Waals surface area (Å²) in [6, 6.07) is 1.48. The van der Waals surface area contributed by atoms with Gasteiger partial charge in [0.05, 0.1) is 17.7 Å². The van der Waals surface area contributed by atoms with E-state index in [2.05, 4.69) is 4.98 Å². The number of carbonyl (C=O) groups excluding carboxylic acids is 2. The average Bonchev–Trinajstić information content (AvgIpc) is 2.56. The molecule has 2 heterocycles. The van der Waals surface area contributed by atoms with Crippen LogP contribution in [-0.2, 0) is 9.09 Å². The van der Waals surface area contributed by atoms with Crippen LogP contribution in [-0.4, -0.2) is 34.6 Å². The van der Waals surface area contributed by atoms with Gasteiger partial charge in [0.2, 0.25) is 0 Å². The van der Waals surface area contributed by atoms with Crippen molar-refractivity contribution in [3.63, 3.8) is 0 Å². The van der Waals surface area contributed by atoms with E-state index in [0.29, 0.717) is 5.56 Å². The van der Waals surface area contributed by atoms with Crippen molar-refractivity contribution >= 4 is 19.8 Å². The molecule has 2 amide bonds. The fourth-order valence-corrected chi connectivity index (χ4v) is 2.42. The second-order valence-corrected chi connectivity index (χ2v) is 4.56. The van der Waals surface area contributed by atoms with Crippen molar-refractivity contribution in [2.24, 2.45) is 0 Å². The van der Waals surface area contributed by atoms with Crippen molar-refractivity contribution in [2.75, 3.05) is 12.9 Å². The molecule has 88 valence electrons. The molecular weight excluding hydrogens is 243 g/mol. The molecular formula is C10H10N2O4P+. The fraction of sp³-hybridized carbons (Fsp3) is 0.300. The van der Waals surface area contributed by atoms with Crippen LogP contribution in [0, 0.1) is 0 Å². The highest BCUT2D eigenvalue weighted by molar-refractivity contribution is 7.39. The lowest BCUT2D eigenvalue weighted by Gasteiger charge is -2.05. The number of amides is 2. The summed E-state index contributed by atoms with van der Waals surface area (Å²) in [7, 11) is -2.03. The van der Waals surface area contributed by atoms with E-state index in [9.17, 15) is 14.2 Å². The van der Waals surface area contributed by atoms with E-state index >= 15 is 0 Å². The highest BCUT2D eigenvalue weighted by atomic mass is 31.1. The molecule has 0 N–H and O–H groups in total. The number of pyridine rings is 1. The van der Waals surface area contributed by atoms with Gasteiger partial charge in [0.1, 0.15) is 0 Å². The lowest BCUT2D eigenvalue weighted by atomic mass is 10.2. The number of carbonyl (C=O) groups is 2. The Morgan fingerprint density at radius 2 is 2.06 bits per heavy atom. The van der Waals surface area contributed by atoms with Crippen LogP contribution in [0.25, 0.3) is 0 Å². The van der Waals surface area contributed by atoms with Crippen LogP contribution in [0.1, 0.15) is 27.6 Å². The Hall–Kier alpha value is -1.65. The highest BCUT2D eigenvalue weighted by Crippen LogP contribution is 2.29. The first-order valence-corrected chi connectivity index (χ1v) is 6.39. The zero-order chi connectivity index (χ0) is 12.4. The fourth-order valence-electron chi connectivity index (χ4n) is 1.56. The summed E-state index contributed by atoms with van der Waals surface area (Å²) in [6.45, 7) is 1.97. The topological polar surface area (TPSA) is 76.6 Å². The first-order valence-electron chi connectivity index (χ1n) is 5.03. The molecule has 1 unspecified atom stereocenters. The van der Waals surface area contributed by atoms with Gasteiger partial charge in [-0.3, -0.25) is 14.6 Å². The van der Waals surface area contributed by atoms with Crippen molar-refractivity contribution in [3.05, 3.63) is 29.6 Å². The van der Waals surface area contributed by atoms with Crippen molar-refractivity contribution < 1.29 is 18.7 Å². The second-order valence-electron chi connectivity index (χ2n) is 3.35. The third kappa shape index (κ3) is 2.09. The van der Waals surface area contributed by atoms with Crippen LogP contribution in [0.15, 0.2) is 18.5 Å². The Kier molecular flexibility index (Phi) is 3.26. The van der Waals surface area contributed by atoms with E-state index in [-0.39, 0.29) is 18.5 Å². The molecule has 1 aromatic rings. The van der Waals surface area contributed by atoms with Gasteiger partial charge in [-0.25, -0.2) is 4.90 Å². The first kappa shape index (κ1) is 11.8. The van der Waals surface area contributed by atoms with Gasteiger partial charge in [0, 0.05) is 12.4 Å². The molecule has 1 aliphatic rings. The Morgan fingerprint density at radius 1 is 1.35 bits per heavy atom. The van der Waals surface area contributed by atoms with E-state index < -0.39 is 19.8 Å². The summed E-state index contributed by atoms with van der Waals surface area (Å²) >= 11 is 0. The zero-order valence-corrected chi connectivity index (χ0v) is 10.0. The van der Waals surface area contributed by atoms with Crippen molar-refractivity contribution in [3.8, 4) is 0 Å².